The van der Waals surface area contributed by atoms with E-state index in [1.165, 1.54) is 31.7 Å². The van der Waals surface area contributed by atoms with Gasteiger partial charge in [0.05, 0.1) is 18.8 Å². The molecule has 6 nitrogen and oxygen atoms in total. The number of aromatic nitrogens is 4. The third kappa shape index (κ3) is 3.68. The fraction of sp³-hybridized carbons (Fsp3) is 0.647. The molecule has 1 saturated carbocycles. The van der Waals surface area contributed by atoms with Crippen LogP contribution >= 0.6 is 0 Å². The van der Waals surface area contributed by atoms with Crippen LogP contribution in [0.25, 0.3) is 11.6 Å². The molecule has 2 aromatic rings. The minimum atomic E-state index is -2.72. The molecule has 1 aliphatic carbocycles. The molecule has 1 atom stereocenters. The summed E-state index contributed by atoms with van der Waals surface area (Å²) in [4.78, 5) is 9.90. The third-order valence-electron chi connectivity index (χ3n) is 5.09. The highest BCUT2D eigenvalue weighted by Gasteiger charge is 2.48. The second-order valence-electron chi connectivity index (χ2n) is 7.05. The number of hydrogen-bond donors (Lipinski definition) is 0. The van der Waals surface area contributed by atoms with Crippen molar-refractivity contribution in [3.05, 3.63) is 24.5 Å². The topological polar surface area (TPSA) is 67.9 Å². The summed E-state index contributed by atoms with van der Waals surface area (Å²) in [6.45, 7) is 0.431. The quantitative estimate of drug-likeness (QED) is 0.842. The van der Waals surface area contributed by atoms with Gasteiger partial charge in [0, 0.05) is 25.4 Å². The molecule has 0 spiro atoms. The molecule has 1 saturated heterocycles. The monoisotopic (exact) mass is 349 g/mol. The van der Waals surface area contributed by atoms with Gasteiger partial charge in [0.15, 0.2) is 0 Å². The molecule has 2 aliphatic rings. The Kier molecular flexibility index (Phi) is 4.45. The van der Waals surface area contributed by atoms with Crippen LogP contribution < -0.4 is 0 Å². The van der Waals surface area contributed by atoms with Crippen LogP contribution in [0, 0.1) is 5.92 Å². The minimum Gasteiger partial charge on any atom is -0.417 e. The maximum atomic E-state index is 14.1. The molecule has 0 N–H and O–H groups in total. The molecule has 0 radical (unpaired) electrons. The highest BCUT2D eigenvalue weighted by molar-refractivity contribution is 5.43. The molecular weight excluding hydrogens is 328 g/mol. The number of hydrogen-bond acceptors (Lipinski definition) is 6. The van der Waals surface area contributed by atoms with Gasteiger partial charge >= 0.3 is 0 Å². The zero-order chi connectivity index (χ0) is 17.3. The van der Waals surface area contributed by atoms with Crippen molar-refractivity contribution in [2.45, 2.75) is 50.5 Å². The molecule has 0 aromatic carbocycles. The zero-order valence-corrected chi connectivity index (χ0v) is 13.9. The van der Waals surface area contributed by atoms with Gasteiger partial charge in [-0.25, -0.2) is 13.8 Å². The molecule has 25 heavy (non-hydrogen) atoms. The van der Waals surface area contributed by atoms with E-state index in [0.717, 1.165) is 12.8 Å². The van der Waals surface area contributed by atoms with Gasteiger partial charge < -0.3 is 4.42 Å². The summed E-state index contributed by atoms with van der Waals surface area (Å²) in [5.41, 5.74) is 0.449. The van der Waals surface area contributed by atoms with Gasteiger partial charge in [-0.2, -0.15) is 0 Å². The number of likely N-dealkylation sites (tertiary alicyclic amines) is 1. The van der Waals surface area contributed by atoms with Crippen molar-refractivity contribution >= 4 is 0 Å². The Balaban J connectivity index is 1.53. The van der Waals surface area contributed by atoms with Crippen molar-refractivity contribution in [1.82, 2.24) is 25.1 Å². The average Bonchev–Trinajstić information content (AvgIpc) is 3.21. The minimum absolute atomic E-state index is 0.218. The summed E-state index contributed by atoms with van der Waals surface area (Å²) in [5, 5.41) is 7.99. The summed E-state index contributed by atoms with van der Waals surface area (Å²) in [5.74, 6) is -1.78. The number of halogens is 2. The maximum Gasteiger partial charge on any atom is 0.267 e. The fourth-order valence-corrected chi connectivity index (χ4v) is 3.90. The van der Waals surface area contributed by atoms with Gasteiger partial charge in [0.1, 0.15) is 5.69 Å². The second kappa shape index (κ2) is 6.74. The Morgan fingerprint density at radius 3 is 2.76 bits per heavy atom. The van der Waals surface area contributed by atoms with E-state index in [1.807, 2.05) is 4.90 Å². The van der Waals surface area contributed by atoms with E-state index < -0.39 is 12.0 Å². The van der Waals surface area contributed by atoms with Gasteiger partial charge in [-0.1, -0.05) is 19.3 Å². The highest BCUT2D eigenvalue weighted by atomic mass is 19.3. The van der Waals surface area contributed by atoms with Crippen LogP contribution in [0.1, 0.15) is 50.5 Å². The Bertz CT molecular complexity index is 702. The lowest BCUT2D eigenvalue weighted by molar-refractivity contribution is 0.0102. The molecule has 1 aliphatic heterocycles. The van der Waals surface area contributed by atoms with E-state index >= 15 is 0 Å². The molecule has 2 fully saturated rings. The first kappa shape index (κ1) is 16.5. The van der Waals surface area contributed by atoms with Crippen molar-refractivity contribution in [3.8, 4) is 11.6 Å². The predicted octanol–water partition coefficient (Wildman–Crippen LogP) is 3.49. The number of rotatable bonds is 4. The van der Waals surface area contributed by atoms with Crippen LogP contribution in [-0.4, -0.2) is 44.1 Å². The van der Waals surface area contributed by atoms with Gasteiger partial charge in [-0.05, 0) is 18.8 Å². The van der Waals surface area contributed by atoms with Crippen molar-refractivity contribution in [2.24, 2.45) is 5.92 Å². The Hall–Kier alpha value is -1.96. The summed E-state index contributed by atoms with van der Waals surface area (Å²) < 4.78 is 33.8. The summed E-state index contributed by atoms with van der Waals surface area (Å²) in [7, 11) is 0. The lowest BCUT2D eigenvalue weighted by Crippen LogP contribution is -2.32. The van der Waals surface area contributed by atoms with E-state index in [9.17, 15) is 8.78 Å². The van der Waals surface area contributed by atoms with Gasteiger partial charge in [0.25, 0.3) is 11.8 Å². The van der Waals surface area contributed by atoms with E-state index in [-0.39, 0.29) is 24.7 Å². The Morgan fingerprint density at radius 1 is 1.16 bits per heavy atom. The first-order valence-corrected chi connectivity index (χ1v) is 8.82. The SMILES string of the molecule is FC1(F)C[C@@H](c2nnc(-c3cnccn3)o2)N(CC2CCCCC2)C1. The second-order valence-corrected chi connectivity index (χ2v) is 7.05. The van der Waals surface area contributed by atoms with Crippen molar-refractivity contribution in [3.63, 3.8) is 0 Å². The molecule has 2 aromatic heterocycles. The first-order chi connectivity index (χ1) is 12.1. The van der Waals surface area contributed by atoms with Crippen LogP contribution in [-0.2, 0) is 0 Å². The summed E-state index contributed by atoms with van der Waals surface area (Å²) in [6, 6.07) is -0.533. The lowest BCUT2D eigenvalue weighted by Gasteiger charge is -2.29. The van der Waals surface area contributed by atoms with Gasteiger partial charge in [-0.15, -0.1) is 10.2 Å². The number of alkyl halides is 2. The van der Waals surface area contributed by atoms with E-state index in [1.54, 1.807) is 6.20 Å². The summed E-state index contributed by atoms with van der Waals surface area (Å²) >= 11 is 0. The van der Waals surface area contributed by atoms with Crippen LogP contribution in [0.2, 0.25) is 0 Å². The predicted molar refractivity (Wildman–Crippen MR) is 85.8 cm³/mol. The molecule has 0 unspecified atom stereocenters. The van der Waals surface area contributed by atoms with Crippen molar-refractivity contribution in [1.29, 1.82) is 0 Å². The molecular formula is C17H21F2N5O. The zero-order valence-electron chi connectivity index (χ0n) is 13.9. The molecule has 134 valence electrons. The molecule has 0 bridgehead atoms. The van der Waals surface area contributed by atoms with E-state index in [4.69, 9.17) is 4.42 Å². The maximum absolute atomic E-state index is 14.1. The van der Waals surface area contributed by atoms with Gasteiger partial charge in [-0.3, -0.25) is 9.88 Å². The van der Waals surface area contributed by atoms with Gasteiger partial charge in [0.2, 0.25) is 5.89 Å². The third-order valence-corrected chi connectivity index (χ3v) is 5.09. The normalized spacial score (nSPS) is 24.6. The van der Waals surface area contributed by atoms with Crippen LogP contribution in [0.5, 0.6) is 0 Å². The summed E-state index contributed by atoms with van der Waals surface area (Å²) in [6.07, 6.45) is 10.2. The average molecular weight is 349 g/mol. The highest BCUT2D eigenvalue weighted by Crippen LogP contribution is 2.42. The molecule has 4 rings (SSSR count). The molecule has 3 heterocycles. The lowest BCUT2D eigenvalue weighted by atomic mass is 9.89. The first-order valence-electron chi connectivity index (χ1n) is 8.82. The van der Waals surface area contributed by atoms with Crippen molar-refractivity contribution < 1.29 is 13.2 Å². The van der Waals surface area contributed by atoms with Crippen LogP contribution in [0.15, 0.2) is 23.0 Å². The van der Waals surface area contributed by atoms with Crippen LogP contribution in [0.4, 0.5) is 8.78 Å². The Morgan fingerprint density at radius 2 is 2.00 bits per heavy atom. The Labute approximate surface area is 144 Å². The number of nitrogens with zero attached hydrogens (tertiary/aromatic N) is 5. The fourth-order valence-electron chi connectivity index (χ4n) is 3.90. The largest absolute Gasteiger partial charge is 0.417 e. The standard InChI is InChI=1S/C17H21F2N5O/c18-17(19)8-14(24(11-17)10-12-4-2-1-3-5-12)16-23-22-15(25-16)13-9-20-6-7-21-13/h6-7,9,12,14H,1-5,8,10-11H2/t14-/m0/s1. The molecule has 8 heteroatoms. The smallest absolute Gasteiger partial charge is 0.267 e. The van der Waals surface area contributed by atoms with Crippen molar-refractivity contribution in [2.75, 3.05) is 13.1 Å². The molecule has 0 amide bonds. The van der Waals surface area contributed by atoms with E-state index in [0.29, 0.717) is 18.2 Å². The van der Waals surface area contributed by atoms with E-state index in [2.05, 4.69) is 20.2 Å². The van der Waals surface area contributed by atoms with Crippen LogP contribution in [0.3, 0.4) is 0 Å².